The monoisotopic (exact) mass is 203 g/mol. The molecule has 0 saturated carbocycles. The molecule has 1 amide bonds. The van der Waals surface area contributed by atoms with Crippen LogP contribution < -0.4 is 5.32 Å². The zero-order valence-corrected chi connectivity index (χ0v) is 9.64. The molecule has 0 rings (SSSR count). The number of amides is 1. The summed E-state index contributed by atoms with van der Waals surface area (Å²) in [4.78, 5) is 20.7. The third-order valence-electron chi connectivity index (χ3n) is 1.64. The number of hydrogen-bond acceptors (Lipinski definition) is 2. The van der Waals surface area contributed by atoms with Crippen LogP contribution in [0.1, 0.15) is 54.3 Å². The SMILES string of the molecule is CC.CCC(=O)NCCCCCC=O.[HH]. The van der Waals surface area contributed by atoms with Crippen LogP contribution in [0.5, 0.6) is 0 Å². The summed E-state index contributed by atoms with van der Waals surface area (Å²) in [6.45, 7) is 6.58. The largest absolute Gasteiger partial charge is 0.356 e. The zero-order chi connectivity index (χ0) is 11.2. The molecule has 0 bridgehead atoms. The van der Waals surface area contributed by atoms with Crippen molar-refractivity contribution in [1.82, 2.24) is 5.32 Å². The molecule has 0 heterocycles. The maximum atomic E-state index is 10.7. The van der Waals surface area contributed by atoms with E-state index in [1.165, 1.54) is 0 Å². The predicted molar refractivity (Wildman–Crippen MR) is 61.3 cm³/mol. The van der Waals surface area contributed by atoms with E-state index in [0.717, 1.165) is 32.1 Å². The molecule has 0 fully saturated rings. The van der Waals surface area contributed by atoms with Gasteiger partial charge in [-0.15, -0.1) is 0 Å². The third-order valence-corrected chi connectivity index (χ3v) is 1.64. The van der Waals surface area contributed by atoms with E-state index in [0.29, 0.717) is 12.8 Å². The van der Waals surface area contributed by atoms with Crippen molar-refractivity contribution in [2.75, 3.05) is 6.54 Å². The van der Waals surface area contributed by atoms with Crippen LogP contribution in [0.3, 0.4) is 0 Å². The Bertz CT molecular complexity index is 141. The van der Waals surface area contributed by atoms with Crippen LogP contribution in [0.25, 0.3) is 0 Å². The van der Waals surface area contributed by atoms with Gasteiger partial charge in [0.25, 0.3) is 0 Å². The maximum absolute atomic E-state index is 10.7. The molecule has 0 aliphatic rings. The predicted octanol–water partition coefficient (Wildman–Crippen LogP) is 2.54. The highest BCUT2D eigenvalue weighted by molar-refractivity contribution is 5.75. The Hall–Kier alpha value is -0.860. The molecule has 0 aliphatic carbocycles. The van der Waals surface area contributed by atoms with Gasteiger partial charge in [-0.25, -0.2) is 0 Å². The first-order chi connectivity index (χ1) is 6.81. The summed E-state index contributed by atoms with van der Waals surface area (Å²) in [6, 6.07) is 0. The van der Waals surface area contributed by atoms with E-state index >= 15 is 0 Å². The Labute approximate surface area is 88.8 Å². The van der Waals surface area contributed by atoms with Crippen molar-refractivity contribution in [3.05, 3.63) is 0 Å². The molecule has 0 aliphatic heterocycles. The molecule has 0 aromatic carbocycles. The van der Waals surface area contributed by atoms with Crippen LogP contribution in [0.2, 0.25) is 0 Å². The summed E-state index contributed by atoms with van der Waals surface area (Å²) in [5.74, 6) is 0.102. The van der Waals surface area contributed by atoms with Crippen LogP contribution in [-0.4, -0.2) is 18.7 Å². The van der Waals surface area contributed by atoms with Crippen molar-refractivity contribution in [2.24, 2.45) is 0 Å². The molecule has 14 heavy (non-hydrogen) atoms. The summed E-state index contributed by atoms with van der Waals surface area (Å²) >= 11 is 0. The van der Waals surface area contributed by atoms with Crippen molar-refractivity contribution >= 4 is 12.2 Å². The first-order valence-corrected chi connectivity index (χ1v) is 5.51. The molecule has 86 valence electrons. The van der Waals surface area contributed by atoms with Gasteiger partial charge < -0.3 is 10.1 Å². The van der Waals surface area contributed by atoms with Crippen molar-refractivity contribution in [3.63, 3.8) is 0 Å². The smallest absolute Gasteiger partial charge is 0.219 e. The Morgan fingerprint density at radius 2 is 1.93 bits per heavy atom. The highest BCUT2D eigenvalue weighted by atomic mass is 16.1. The van der Waals surface area contributed by atoms with Crippen LogP contribution in [0.15, 0.2) is 0 Å². The minimum atomic E-state index is 0. The van der Waals surface area contributed by atoms with Crippen molar-refractivity contribution < 1.29 is 11.0 Å². The summed E-state index contributed by atoms with van der Waals surface area (Å²) in [7, 11) is 0. The Balaban J connectivity index is -0.000000449. The maximum Gasteiger partial charge on any atom is 0.219 e. The second kappa shape index (κ2) is 14.7. The number of nitrogens with one attached hydrogen (secondary N) is 1. The second-order valence-electron chi connectivity index (χ2n) is 2.72. The highest BCUT2D eigenvalue weighted by Gasteiger charge is 1.94. The molecular weight excluding hydrogens is 178 g/mol. The summed E-state index contributed by atoms with van der Waals surface area (Å²) < 4.78 is 0. The molecule has 0 spiro atoms. The van der Waals surface area contributed by atoms with Crippen LogP contribution in [-0.2, 0) is 9.59 Å². The third kappa shape index (κ3) is 13.7. The summed E-state index contributed by atoms with van der Waals surface area (Å²) in [5.41, 5.74) is 0. The standard InChI is InChI=1S/C9H17NO2.C2H6.H2/c1-2-9(12)10-7-5-3-4-6-8-11;1-2;/h8H,2-7H2,1H3,(H,10,12);1-2H3;1H. The van der Waals surface area contributed by atoms with E-state index < -0.39 is 0 Å². The van der Waals surface area contributed by atoms with Gasteiger partial charge in [-0.3, -0.25) is 4.79 Å². The number of carbonyl (C=O) groups is 2. The van der Waals surface area contributed by atoms with E-state index in [1.54, 1.807) is 0 Å². The van der Waals surface area contributed by atoms with Gasteiger partial charge >= 0.3 is 0 Å². The van der Waals surface area contributed by atoms with E-state index in [9.17, 15) is 9.59 Å². The lowest BCUT2D eigenvalue weighted by molar-refractivity contribution is -0.120. The van der Waals surface area contributed by atoms with Gasteiger partial charge in [0.05, 0.1) is 0 Å². The normalized spacial score (nSPS) is 8.50. The molecule has 0 aromatic rings. The van der Waals surface area contributed by atoms with Gasteiger partial charge in [0, 0.05) is 20.8 Å². The first kappa shape index (κ1) is 15.6. The number of aldehydes is 1. The van der Waals surface area contributed by atoms with Crippen LogP contribution in [0, 0.1) is 0 Å². The van der Waals surface area contributed by atoms with Crippen LogP contribution in [0.4, 0.5) is 0 Å². The fourth-order valence-corrected chi connectivity index (χ4v) is 0.882. The van der Waals surface area contributed by atoms with Gasteiger partial charge in [0.2, 0.25) is 5.91 Å². The average Bonchev–Trinajstić information content (AvgIpc) is 2.25. The minimum Gasteiger partial charge on any atom is -0.356 e. The molecule has 0 aromatic heterocycles. The number of rotatable bonds is 7. The van der Waals surface area contributed by atoms with E-state index in [1.807, 2.05) is 20.8 Å². The Morgan fingerprint density at radius 3 is 2.43 bits per heavy atom. The lowest BCUT2D eigenvalue weighted by atomic mass is 10.2. The lowest BCUT2D eigenvalue weighted by Gasteiger charge is -2.01. The topological polar surface area (TPSA) is 46.2 Å². The van der Waals surface area contributed by atoms with Crippen molar-refractivity contribution in [2.45, 2.75) is 52.9 Å². The molecule has 0 radical (unpaired) electrons. The number of carbonyl (C=O) groups excluding carboxylic acids is 2. The fraction of sp³-hybridized carbons (Fsp3) is 0.818. The van der Waals surface area contributed by atoms with Gasteiger partial charge in [0.1, 0.15) is 6.29 Å². The summed E-state index contributed by atoms with van der Waals surface area (Å²) in [5, 5.41) is 2.78. The lowest BCUT2D eigenvalue weighted by Crippen LogP contribution is -2.23. The van der Waals surface area contributed by atoms with Gasteiger partial charge in [0.15, 0.2) is 0 Å². The van der Waals surface area contributed by atoms with E-state index in [4.69, 9.17) is 0 Å². The molecule has 0 atom stereocenters. The van der Waals surface area contributed by atoms with Gasteiger partial charge in [-0.2, -0.15) is 0 Å². The van der Waals surface area contributed by atoms with Crippen molar-refractivity contribution in [1.29, 1.82) is 0 Å². The quantitative estimate of drug-likeness (QED) is 0.510. The van der Waals surface area contributed by atoms with Gasteiger partial charge in [-0.05, 0) is 12.8 Å². The fourth-order valence-electron chi connectivity index (χ4n) is 0.882. The minimum absolute atomic E-state index is 0. The average molecular weight is 203 g/mol. The molecule has 0 unspecified atom stereocenters. The number of unbranched alkanes of at least 4 members (excludes halogenated alkanes) is 3. The Kier molecular flexibility index (Phi) is 16.3. The van der Waals surface area contributed by atoms with Gasteiger partial charge in [-0.1, -0.05) is 27.2 Å². The number of hydrogen-bond donors (Lipinski definition) is 1. The highest BCUT2D eigenvalue weighted by Crippen LogP contribution is 1.96. The van der Waals surface area contributed by atoms with Crippen LogP contribution >= 0.6 is 0 Å². The molecule has 0 saturated heterocycles. The molecule has 1 N–H and O–H groups in total. The van der Waals surface area contributed by atoms with E-state index in [2.05, 4.69) is 5.32 Å². The Morgan fingerprint density at radius 1 is 1.29 bits per heavy atom. The van der Waals surface area contributed by atoms with Crippen molar-refractivity contribution in [3.8, 4) is 0 Å². The van der Waals surface area contributed by atoms with E-state index in [-0.39, 0.29) is 7.33 Å². The molecular formula is C11H25NO2. The zero-order valence-electron chi connectivity index (χ0n) is 9.64. The molecule has 3 heteroatoms. The summed E-state index contributed by atoms with van der Waals surface area (Å²) in [6.07, 6.45) is 5.05. The second-order valence-corrected chi connectivity index (χ2v) is 2.72. The molecule has 3 nitrogen and oxygen atoms in total. The first-order valence-electron chi connectivity index (χ1n) is 5.51.